The van der Waals surface area contributed by atoms with Gasteiger partial charge >= 0.3 is 5.97 Å². The molecule has 9 N–H and O–H groups in total. The Morgan fingerprint density at radius 1 is 0.804 bits per heavy atom. The van der Waals surface area contributed by atoms with Gasteiger partial charge in [0.1, 0.15) is 24.2 Å². The van der Waals surface area contributed by atoms with Crippen LogP contribution in [-0.4, -0.2) is 88.2 Å². The van der Waals surface area contributed by atoms with Crippen LogP contribution in [0.2, 0.25) is 0 Å². The minimum absolute atomic E-state index is 0.0372. The molecule has 5 amide bonds. The number of aliphatic carboxylic acids is 1. The van der Waals surface area contributed by atoms with Crippen LogP contribution in [0, 0.1) is 5.92 Å². The van der Waals surface area contributed by atoms with Gasteiger partial charge in [0, 0.05) is 19.1 Å². The van der Waals surface area contributed by atoms with E-state index in [1.807, 2.05) is 66.7 Å². The van der Waals surface area contributed by atoms with Crippen LogP contribution in [0.4, 0.5) is 0 Å². The smallest absolute Gasteiger partial charge is 0.305 e. The van der Waals surface area contributed by atoms with Crippen LogP contribution in [0.25, 0.3) is 0 Å². The molecule has 2 aliphatic rings. The lowest BCUT2D eigenvalue weighted by Crippen LogP contribution is -2.61. The molecule has 3 aromatic carbocycles. The van der Waals surface area contributed by atoms with E-state index in [0.717, 1.165) is 16.7 Å². The molecule has 0 radical (unpaired) electrons. The second kappa shape index (κ2) is 19.9. The summed E-state index contributed by atoms with van der Waals surface area (Å²) >= 11 is 0. The van der Waals surface area contributed by atoms with E-state index in [1.165, 1.54) is 0 Å². The van der Waals surface area contributed by atoms with E-state index in [1.54, 1.807) is 29.2 Å². The Balaban J connectivity index is 1.34. The standard InChI is InChI=1S/C41H50N8O7/c42-41(43)44-20-10-17-30(38(54)48-32(24-36(51)52)37(53)45-25-28-15-8-3-9-16-28)47-39(55)34-23-29(21-26-11-4-1-5-12-26)33-19-18-31(40(56)49(33)34)46-35(50)22-27-13-6-2-7-14-27/h1-9,11-16,29-34H,10,17-25H2,(H,45,53)(H,46,50)(H,47,55)(H,48,54)(H,51,52)(H4,42,43,44). The van der Waals surface area contributed by atoms with E-state index < -0.39 is 54.3 Å². The first-order valence-corrected chi connectivity index (χ1v) is 18.9. The third-order valence-corrected chi connectivity index (χ3v) is 10.2. The maximum Gasteiger partial charge on any atom is 0.305 e. The van der Waals surface area contributed by atoms with E-state index >= 15 is 0 Å². The topological polar surface area (TPSA) is 238 Å². The van der Waals surface area contributed by atoms with Gasteiger partial charge in [-0.05, 0) is 61.1 Å². The molecule has 0 aromatic heterocycles. The number of carboxylic acids is 1. The predicted molar refractivity (Wildman–Crippen MR) is 208 cm³/mol. The third-order valence-electron chi connectivity index (χ3n) is 10.2. The van der Waals surface area contributed by atoms with Crippen molar-refractivity contribution in [2.45, 2.75) is 88.1 Å². The molecule has 6 unspecified atom stereocenters. The van der Waals surface area contributed by atoms with Gasteiger partial charge in [-0.1, -0.05) is 91.0 Å². The number of hydrogen-bond acceptors (Lipinski definition) is 7. The number of guanidine groups is 1. The van der Waals surface area contributed by atoms with Gasteiger partial charge in [-0.2, -0.15) is 0 Å². The van der Waals surface area contributed by atoms with Gasteiger partial charge in [0.25, 0.3) is 0 Å². The highest BCUT2D eigenvalue weighted by molar-refractivity contribution is 5.97. The van der Waals surface area contributed by atoms with Gasteiger partial charge in [-0.3, -0.25) is 33.8 Å². The van der Waals surface area contributed by atoms with Gasteiger partial charge in [-0.25, -0.2) is 0 Å². The molecule has 56 heavy (non-hydrogen) atoms. The number of fused-ring (bicyclic) bond motifs is 1. The van der Waals surface area contributed by atoms with Crippen molar-refractivity contribution in [3.8, 4) is 0 Å². The first-order valence-electron chi connectivity index (χ1n) is 18.9. The molecule has 2 aliphatic heterocycles. The Kier molecular flexibility index (Phi) is 14.5. The number of nitrogens with one attached hydrogen (secondary N) is 4. The fourth-order valence-corrected chi connectivity index (χ4v) is 7.48. The molecule has 0 aliphatic carbocycles. The average Bonchev–Trinajstić information content (AvgIpc) is 3.55. The summed E-state index contributed by atoms with van der Waals surface area (Å²) < 4.78 is 0. The Morgan fingerprint density at radius 2 is 1.43 bits per heavy atom. The molecule has 6 atom stereocenters. The lowest BCUT2D eigenvalue weighted by atomic mass is 9.86. The van der Waals surface area contributed by atoms with Crippen molar-refractivity contribution in [3.05, 3.63) is 108 Å². The van der Waals surface area contributed by atoms with E-state index in [2.05, 4.69) is 26.3 Å². The molecular weight excluding hydrogens is 716 g/mol. The molecule has 5 rings (SSSR count). The fraction of sp³-hybridized carbons (Fsp3) is 0.390. The second-order valence-electron chi connectivity index (χ2n) is 14.2. The van der Waals surface area contributed by atoms with Crippen LogP contribution < -0.4 is 32.7 Å². The van der Waals surface area contributed by atoms with Gasteiger partial charge in [0.05, 0.1) is 12.8 Å². The number of piperidine rings is 1. The SMILES string of the molecule is NC(N)=NCCCC(NC(=O)C1CC(Cc2ccccc2)C2CCC(NC(=O)Cc3ccccc3)C(=O)N12)C(=O)NC(CC(=O)O)C(=O)NCc1ccccc1. The summed E-state index contributed by atoms with van der Waals surface area (Å²) in [5, 5.41) is 20.5. The Labute approximate surface area is 325 Å². The van der Waals surface area contributed by atoms with Crippen LogP contribution in [0.3, 0.4) is 0 Å². The van der Waals surface area contributed by atoms with Crippen molar-refractivity contribution >= 4 is 41.5 Å². The summed E-state index contributed by atoms with van der Waals surface area (Å²) in [7, 11) is 0. The highest BCUT2D eigenvalue weighted by Crippen LogP contribution is 2.39. The summed E-state index contributed by atoms with van der Waals surface area (Å²) in [5.74, 6) is -4.30. The van der Waals surface area contributed by atoms with Crippen LogP contribution >= 0.6 is 0 Å². The summed E-state index contributed by atoms with van der Waals surface area (Å²) in [4.78, 5) is 85.9. The normalized spacial score (nSPS) is 19.8. The molecule has 0 saturated carbocycles. The number of rotatable bonds is 18. The average molecular weight is 767 g/mol. The summed E-state index contributed by atoms with van der Waals surface area (Å²) in [5.41, 5.74) is 13.6. The first kappa shape index (κ1) is 40.9. The van der Waals surface area contributed by atoms with Crippen molar-refractivity contribution in [1.29, 1.82) is 0 Å². The maximum absolute atomic E-state index is 14.3. The zero-order valence-electron chi connectivity index (χ0n) is 31.1. The third kappa shape index (κ3) is 11.6. The van der Waals surface area contributed by atoms with Crippen molar-refractivity contribution in [1.82, 2.24) is 26.2 Å². The van der Waals surface area contributed by atoms with Gasteiger partial charge < -0.3 is 42.7 Å². The minimum atomic E-state index is -1.45. The van der Waals surface area contributed by atoms with E-state index in [-0.39, 0.29) is 62.1 Å². The molecule has 296 valence electrons. The summed E-state index contributed by atoms with van der Waals surface area (Å²) in [6, 6.07) is 23.2. The van der Waals surface area contributed by atoms with Crippen molar-refractivity contribution < 1.29 is 33.9 Å². The van der Waals surface area contributed by atoms with Crippen molar-refractivity contribution in [2.75, 3.05) is 6.54 Å². The number of carboxylic acid groups (broad SMARTS) is 1. The molecule has 15 heteroatoms. The zero-order valence-corrected chi connectivity index (χ0v) is 31.1. The van der Waals surface area contributed by atoms with Crippen LogP contribution in [0.5, 0.6) is 0 Å². The lowest BCUT2D eigenvalue weighted by Gasteiger charge is -2.39. The Morgan fingerprint density at radius 3 is 2.05 bits per heavy atom. The Hall–Kier alpha value is -6.25. The molecule has 3 aromatic rings. The van der Waals surface area contributed by atoms with Crippen LogP contribution in [-0.2, 0) is 48.2 Å². The number of benzene rings is 3. The molecule has 0 spiro atoms. The number of carbonyl (C=O) groups excluding carboxylic acids is 5. The quantitative estimate of drug-likeness (QED) is 0.0558. The van der Waals surface area contributed by atoms with Crippen LogP contribution in [0.15, 0.2) is 96.0 Å². The van der Waals surface area contributed by atoms with E-state index in [9.17, 15) is 33.9 Å². The second-order valence-corrected chi connectivity index (χ2v) is 14.2. The summed E-state index contributed by atoms with van der Waals surface area (Å²) in [6.07, 6.45) is 1.57. The summed E-state index contributed by atoms with van der Waals surface area (Å²) in [6.45, 7) is 0.243. The molecule has 15 nitrogen and oxygen atoms in total. The fourth-order valence-electron chi connectivity index (χ4n) is 7.48. The first-order chi connectivity index (χ1) is 27.0. The van der Waals surface area contributed by atoms with E-state index in [0.29, 0.717) is 25.7 Å². The zero-order chi connectivity index (χ0) is 40.0. The molecular formula is C41H50N8O7. The number of hydrogen-bond donors (Lipinski definition) is 7. The van der Waals surface area contributed by atoms with Gasteiger partial charge in [-0.15, -0.1) is 0 Å². The van der Waals surface area contributed by atoms with Crippen molar-refractivity contribution in [2.24, 2.45) is 22.4 Å². The molecule has 2 heterocycles. The van der Waals surface area contributed by atoms with E-state index in [4.69, 9.17) is 11.5 Å². The number of nitrogens with zero attached hydrogens (tertiary/aromatic N) is 2. The Bertz CT molecular complexity index is 1860. The number of carbonyl (C=O) groups is 6. The lowest BCUT2D eigenvalue weighted by molar-refractivity contribution is -0.147. The van der Waals surface area contributed by atoms with Gasteiger partial charge in [0.2, 0.25) is 29.5 Å². The minimum Gasteiger partial charge on any atom is -0.481 e. The highest BCUT2D eigenvalue weighted by Gasteiger charge is 2.51. The van der Waals surface area contributed by atoms with Crippen LogP contribution in [0.1, 0.15) is 55.2 Å². The number of nitrogens with two attached hydrogens (primary N) is 2. The number of aliphatic imine (C=N–C) groups is 1. The largest absolute Gasteiger partial charge is 0.481 e. The molecule has 0 bridgehead atoms. The predicted octanol–water partition coefficient (Wildman–Crippen LogP) is 1.15. The maximum atomic E-state index is 14.3. The highest BCUT2D eigenvalue weighted by atomic mass is 16.4. The molecule has 2 fully saturated rings. The monoisotopic (exact) mass is 766 g/mol. The van der Waals surface area contributed by atoms with Gasteiger partial charge in [0.15, 0.2) is 5.96 Å². The number of amides is 5. The van der Waals surface area contributed by atoms with Crippen molar-refractivity contribution in [3.63, 3.8) is 0 Å². The molecule has 2 saturated heterocycles.